The molecule has 0 radical (unpaired) electrons. The maximum atomic E-state index is 12.4. The number of nitrogens with one attached hydrogen (secondary N) is 2. The fourth-order valence-electron chi connectivity index (χ4n) is 2.45. The Morgan fingerprint density at radius 1 is 1.28 bits per heavy atom. The van der Waals surface area contributed by atoms with Crippen LogP contribution in [0, 0.1) is 6.92 Å². The van der Waals surface area contributed by atoms with E-state index in [2.05, 4.69) is 10.2 Å². The average Bonchev–Trinajstić information content (AvgIpc) is 2.51. The van der Waals surface area contributed by atoms with Crippen molar-refractivity contribution in [1.82, 2.24) is 10.2 Å². The molecule has 1 atom stereocenters. The van der Waals surface area contributed by atoms with Crippen molar-refractivity contribution in [1.29, 1.82) is 0 Å². The van der Waals surface area contributed by atoms with Gasteiger partial charge < -0.3 is 4.74 Å². The van der Waals surface area contributed by atoms with Gasteiger partial charge in [-0.05, 0) is 58.2 Å². The van der Waals surface area contributed by atoms with Crippen molar-refractivity contribution in [3.05, 3.63) is 29.3 Å². The molecule has 0 saturated carbocycles. The van der Waals surface area contributed by atoms with Gasteiger partial charge in [-0.2, -0.15) is 0 Å². The number of aryl methyl sites for hydroxylation is 1. The fraction of sp³-hybridized carbons (Fsp3) is 0.588. The quantitative estimate of drug-likeness (QED) is 0.776. The van der Waals surface area contributed by atoms with E-state index < -0.39 is 27.8 Å². The summed E-state index contributed by atoms with van der Waals surface area (Å²) >= 11 is 0. The number of sulfonamides is 1. The second-order valence-electron chi connectivity index (χ2n) is 7.18. The second-order valence-corrected chi connectivity index (χ2v) is 8.86. The summed E-state index contributed by atoms with van der Waals surface area (Å²) in [5, 5.41) is 0. The lowest BCUT2D eigenvalue weighted by Crippen LogP contribution is -2.40. The molecule has 1 aliphatic heterocycles. The van der Waals surface area contributed by atoms with Crippen molar-refractivity contribution in [2.45, 2.75) is 63.7 Å². The van der Waals surface area contributed by atoms with Crippen LogP contribution in [0.1, 0.15) is 56.0 Å². The summed E-state index contributed by atoms with van der Waals surface area (Å²) in [7, 11) is -3.72. The van der Waals surface area contributed by atoms with Crippen molar-refractivity contribution >= 4 is 15.9 Å². The molecule has 0 aliphatic carbocycles. The second kappa shape index (κ2) is 7.82. The molecule has 1 heterocycles. The van der Waals surface area contributed by atoms with Crippen molar-refractivity contribution in [3.8, 4) is 0 Å². The van der Waals surface area contributed by atoms with Gasteiger partial charge in [0.2, 0.25) is 10.0 Å². The van der Waals surface area contributed by atoms with Crippen molar-refractivity contribution in [2.24, 2.45) is 0 Å². The fourth-order valence-corrected chi connectivity index (χ4v) is 3.90. The maximum Gasteiger partial charge on any atom is 0.275 e. The van der Waals surface area contributed by atoms with Crippen LogP contribution in [0.5, 0.6) is 0 Å². The van der Waals surface area contributed by atoms with Crippen LogP contribution < -0.4 is 10.2 Å². The number of rotatable bonds is 5. The molecule has 2 rings (SSSR count). The lowest BCUT2D eigenvalue weighted by atomic mass is 10.1. The third kappa shape index (κ3) is 5.78. The molecule has 1 amide bonds. The van der Waals surface area contributed by atoms with Crippen LogP contribution in [0.4, 0.5) is 0 Å². The Bertz CT molecular complexity index is 719. The first-order valence-corrected chi connectivity index (χ1v) is 9.79. The molecular weight excluding hydrogens is 344 g/mol. The summed E-state index contributed by atoms with van der Waals surface area (Å²) in [5.41, 5.74) is 2.64. The molecule has 1 aliphatic rings. The summed E-state index contributed by atoms with van der Waals surface area (Å²) in [6.45, 7) is 7.60. The van der Waals surface area contributed by atoms with Gasteiger partial charge in [-0.1, -0.05) is 6.07 Å². The first-order chi connectivity index (χ1) is 11.6. The summed E-state index contributed by atoms with van der Waals surface area (Å²) in [6, 6.07) is 4.43. The van der Waals surface area contributed by atoms with Crippen LogP contribution in [0.25, 0.3) is 0 Å². The SMILES string of the molecule is Cc1ccc(S(=O)(=O)NC(C)(C)C)cc1C(=O)NOC1CCCCO1. The summed E-state index contributed by atoms with van der Waals surface area (Å²) in [5.74, 6) is -0.500. The molecule has 1 aromatic rings. The third-order valence-electron chi connectivity index (χ3n) is 3.63. The Labute approximate surface area is 149 Å². The van der Waals surface area contributed by atoms with Gasteiger partial charge in [0.25, 0.3) is 5.91 Å². The number of amides is 1. The number of carbonyl (C=O) groups excluding carboxylic acids is 1. The first kappa shape index (κ1) is 19.8. The highest BCUT2D eigenvalue weighted by Crippen LogP contribution is 2.18. The number of carbonyl (C=O) groups is 1. The van der Waals surface area contributed by atoms with Crippen LogP contribution in [-0.2, 0) is 19.6 Å². The zero-order valence-electron chi connectivity index (χ0n) is 15.1. The Balaban J connectivity index is 2.13. The third-order valence-corrected chi connectivity index (χ3v) is 5.38. The lowest BCUT2D eigenvalue weighted by molar-refractivity contribution is -0.186. The minimum absolute atomic E-state index is 0.0343. The van der Waals surface area contributed by atoms with Gasteiger partial charge >= 0.3 is 0 Å². The molecule has 0 aromatic heterocycles. The van der Waals surface area contributed by atoms with E-state index >= 15 is 0 Å². The van der Waals surface area contributed by atoms with Gasteiger partial charge in [0.1, 0.15) is 0 Å². The molecule has 1 saturated heterocycles. The van der Waals surface area contributed by atoms with Crippen LogP contribution in [0.2, 0.25) is 0 Å². The summed E-state index contributed by atoms with van der Waals surface area (Å²) in [6.07, 6.45) is 2.20. The van der Waals surface area contributed by atoms with Gasteiger partial charge in [0.05, 0.1) is 4.90 Å². The summed E-state index contributed by atoms with van der Waals surface area (Å²) in [4.78, 5) is 17.7. The van der Waals surface area contributed by atoms with Gasteiger partial charge in [-0.25, -0.2) is 23.5 Å². The zero-order valence-corrected chi connectivity index (χ0v) is 15.9. The Kier molecular flexibility index (Phi) is 6.21. The van der Waals surface area contributed by atoms with Gasteiger partial charge in [0, 0.05) is 24.1 Å². The molecule has 7 nitrogen and oxygen atoms in total. The van der Waals surface area contributed by atoms with Gasteiger partial charge in [-0.3, -0.25) is 4.79 Å². The van der Waals surface area contributed by atoms with E-state index in [0.717, 1.165) is 12.8 Å². The van der Waals surface area contributed by atoms with Crippen LogP contribution >= 0.6 is 0 Å². The Hall–Kier alpha value is -1.48. The molecule has 140 valence electrons. The minimum Gasteiger partial charge on any atom is -0.350 e. The maximum absolute atomic E-state index is 12.4. The van der Waals surface area contributed by atoms with E-state index in [0.29, 0.717) is 18.6 Å². The predicted molar refractivity (Wildman–Crippen MR) is 93.4 cm³/mol. The number of hydroxylamine groups is 1. The largest absolute Gasteiger partial charge is 0.350 e. The molecule has 8 heteroatoms. The first-order valence-electron chi connectivity index (χ1n) is 8.31. The van der Waals surface area contributed by atoms with Crippen LogP contribution in [-0.4, -0.2) is 32.8 Å². The van der Waals surface area contributed by atoms with E-state index in [-0.39, 0.29) is 10.5 Å². The topological polar surface area (TPSA) is 93.7 Å². The standard InChI is InChI=1S/C17H26N2O5S/c1-12-8-9-13(25(21,22)19-17(2,3)4)11-14(12)16(20)18-24-15-7-5-6-10-23-15/h8-9,11,15,19H,5-7,10H2,1-4H3,(H,18,20). The molecule has 0 spiro atoms. The van der Waals surface area contributed by atoms with Crippen molar-refractivity contribution in [3.63, 3.8) is 0 Å². The molecule has 1 aromatic carbocycles. The van der Waals surface area contributed by atoms with E-state index in [4.69, 9.17) is 9.57 Å². The molecule has 0 bridgehead atoms. The zero-order chi connectivity index (χ0) is 18.7. The highest BCUT2D eigenvalue weighted by molar-refractivity contribution is 7.89. The normalized spacial score (nSPS) is 18.8. The van der Waals surface area contributed by atoms with E-state index in [9.17, 15) is 13.2 Å². The summed E-state index contributed by atoms with van der Waals surface area (Å²) < 4.78 is 32.8. The average molecular weight is 370 g/mol. The lowest BCUT2D eigenvalue weighted by Gasteiger charge is -2.22. The Morgan fingerprint density at radius 3 is 2.60 bits per heavy atom. The number of ether oxygens (including phenoxy) is 1. The van der Waals surface area contributed by atoms with Crippen LogP contribution in [0.3, 0.4) is 0 Å². The highest BCUT2D eigenvalue weighted by atomic mass is 32.2. The number of benzene rings is 1. The van der Waals surface area contributed by atoms with Crippen LogP contribution in [0.15, 0.2) is 23.1 Å². The smallest absolute Gasteiger partial charge is 0.275 e. The molecule has 1 unspecified atom stereocenters. The van der Waals surface area contributed by atoms with Gasteiger partial charge in [0.15, 0.2) is 6.29 Å². The Morgan fingerprint density at radius 2 is 2.00 bits per heavy atom. The van der Waals surface area contributed by atoms with E-state index in [1.54, 1.807) is 33.8 Å². The molecule has 2 N–H and O–H groups in total. The van der Waals surface area contributed by atoms with Gasteiger partial charge in [-0.15, -0.1) is 0 Å². The highest BCUT2D eigenvalue weighted by Gasteiger charge is 2.24. The molecular formula is C17H26N2O5S. The van der Waals surface area contributed by atoms with Crippen molar-refractivity contribution in [2.75, 3.05) is 6.61 Å². The number of hydrogen-bond acceptors (Lipinski definition) is 5. The predicted octanol–water partition coefficient (Wildman–Crippen LogP) is 2.26. The monoisotopic (exact) mass is 370 g/mol. The molecule has 1 fully saturated rings. The molecule has 25 heavy (non-hydrogen) atoms. The number of hydrogen-bond donors (Lipinski definition) is 2. The van der Waals surface area contributed by atoms with Crippen molar-refractivity contribution < 1.29 is 22.8 Å². The van der Waals surface area contributed by atoms with E-state index in [1.165, 1.54) is 12.1 Å². The minimum atomic E-state index is -3.72. The van der Waals surface area contributed by atoms with E-state index in [1.807, 2.05) is 0 Å².